The van der Waals surface area contributed by atoms with Crippen molar-refractivity contribution < 1.29 is 9.32 Å². The van der Waals surface area contributed by atoms with Gasteiger partial charge in [-0.1, -0.05) is 42.4 Å². The van der Waals surface area contributed by atoms with Crippen molar-refractivity contribution in [2.45, 2.75) is 38.5 Å². The van der Waals surface area contributed by atoms with E-state index in [1.807, 2.05) is 23.1 Å². The van der Waals surface area contributed by atoms with E-state index in [4.69, 9.17) is 4.52 Å². The molecule has 0 aliphatic carbocycles. The molecule has 1 amide bonds. The molecule has 1 aromatic heterocycles. The Hall–Kier alpha value is -2.10. The fourth-order valence-electron chi connectivity index (χ4n) is 2.97. The van der Waals surface area contributed by atoms with Gasteiger partial charge in [-0.25, -0.2) is 0 Å². The van der Waals surface area contributed by atoms with Crippen molar-refractivity contribution >= 4 is 5.91 Å². The minimum atomic E-state index is -0.0224. The minimum absolute atomic E-state index is 0.0224. The van der Waals surface area contributed by atoms with Gasteiger partial charge in [-0.3, -0.25) is 4.79 Å². The number of aromatic nitrogens is 1. The summed E-state index contributed by atoms with van der Waals surface area (Å²) in [5.74, 6) is 0.701. The summed E-state index contributed by atoms with van der Waals surface area (Å²) in [4.78, 5) is 14.2. The molecular formula is C18H22N2O2. The van der Waals surface area contributed by atoms with Crippen LogP contribution in [0.2, 0.25) is 0 Å². The van der Waals surface area contributed by atoms with Gasteiger partial charge in [0.1, 0.15) is 0 Å². The van der Waals surface area contributed by atoms with E-state index in [9.17, 15) is 4.79 Å². The van der Waals surface area contributed by atoms with Gasteiger partial charge >= 0.3 is 0 Å². The summed E-state index contributed by atoms with van der Waals surface area (Å²) in [5.41, 5.74) is 2.12. The van der Waals surface area contributed by atoms with Crippen LogP contribution in [-0.2, 0) is 6.42 Å². The molecular weight excluding hydrogens is 276 g/mol. The van der Waals surface area contributed by atoms with Gasteiger partial charge in [-0.15, -0.1) is 0 Å². The summed E-state index contributed by atoms with van der Waals surface area (Å²) in [6.45, 7) is 3.82. The van der Waals surface area contributed by atoms with Crippen LogP contribution in [0.15, 0.2) is 40.9 Å². The molecule has 0 spiro atoms. The molecule has 116 valence electrons. The number of amides is 1. The van der Waals surface area contributed by atoms with E-state index < -0.39 is 0 Å². The molecule has 2 aromatic rings. The van der Waals surface area contributed by atoms with Crippen LogP contribution in [0.25, 0.3) is 0 Å². The van der Waals surface area contributed by atoms with E-state index in [2.05, 4.69) is 24.2 Å². The van der Waals surface area contributed by atoms with E-state index in [0.29, 0.717) is 11.7 Å². The Balaban J connectivity index is 1.64. The smallest absolute Gasteiger partial charge is 0.292 e. The van der Waals surface area contributed by atoms with Crippen molar-refractivity contribution in [2.24, 2.45) is 0 Å². The van der Waals surface area contributed by atoms with Crippen LogP contribution >= 0.6 is 0 Å². The van der Waals surface area contributed by atoms with E-state index in [0.717, 1.165) is 38.0 Å². The van der Waals surface area contributed by atoms with E-state index in [-0.39, 0.29) is 5.91 Å². The maximum atomic E-state index is 12.4. The molecule has 1 aromatic carbocycles. The zero-order chi connectivity index (χ0) is 15.4. The number of benzene rings is 1. The molecule has 1 aliphatic heterocycles. The second-order valence-electron chi connectivity index (χ2n) is 6.05. The Morgan fingerprint density at radius 1 is 1.23 bits per heavy atom. The number of likely N-dealkylation sites (tertiary alicyclic amines) is 1. The number of piperidine rings is 1. The SMILES string of the molecule is C[C@@H](Cc1cc(C(=O)N2CCCCC2)on1)c1ccccc1. The second kappa shape index (κ2) is 6.77. The second-order valence-corrected chi connectivity index (χ2v) is 6.05. The summed E-state index contributed by atoms with van der Waals surface area (Å²) >= 11 is 0. The van der Waals surface area contributed by atoms with Crippen LogP contribution < -0.4 is 0 Å². The first-order valence-corrected chi connectivity index (χ1v) is 8.04. The summed E-state index contributed by atoms with van der Waals surface area (Å²) in [5, 5.41) is 4.08. The lowest BCUT2D eigenvalue weighted by Gasteiger charge is -2.25. The van der Waals surface area contributed by atoms with Gasteiger partial charge in [-0.05, 0) is 37.2 Å². The maximum Gasteiger partial charge on any atom is 0.292 e. The van der Waals surface area contributed by atoms with E-state index in [1.165, 1.54) is 12.0 Å². The summed E-state index contributed by atoms with van der Waals surface area (Å²) in [6.07, 6.45) is 4.15. The van der Waals surface area contributed by atoms with Crippen LogP contribution in [0, 0.1) is 0 Å². The summed E-state index contributed by atoms with van der Waals surface area (Å²) in [6, 6.07) is 12.1. The Morgan fingerprint density at radius 2 is 1.95 bits per heavy atom. The first kappa shape index (κ1) is 14.8. The first-order chi connectivity index (χ1) is 10.7. The highest BCUT2D eigenvalue weighted by atomic mass is 16.5. The van der Waals surface area contributed by atoms with Gasteiger partial charge in [0, 0.05) is 19.2 Å². The molecule has 1 saturated heterocycles. The molecule has 3 rings (SSSR count). The fourth-order valence-corrected chi connectivity index (χ4v) is 2.97. The third-order valence-electron chi connectivity index (χ3n) is 4.30. The van der Waals surface area contributed by atoms with Gasteiger partial charge in [0.15, 0.2) is 0 Å². The third-order valence-corrected chi connectivity index (χ3v) is 4.30. The standard InChI is InChI=1S/C18H22N2O2/c1-14(15-8-4-2-5-9-15)12-16-13-17(22-19-16)18(21)20-10-6-3-7-11-20/h2,4-5,8-9,13-14H,3,6-7,10-12H2,1H3/t14-/m0/s1. The lowest BCUT2D eigenvalue weighted by Crippen LogP contribution is -2.35. The number of carbonyl (C=O) groups is 1. The van der Waals surface area contributed by atoms with Crippen molar-refractivity contribution in [1.29, 1.82) is 0 Å². The molecule has 4 nitrogen and oxygen atoms in total. The maximum absolute atomic E-state index is 12.4. The molecule has 4 heteroatoms. The predicted octanol–water partition coefficient (Wildman–Crippen LogP) is 3.65. The lowest BCUT2D eigenvalue weighted by atomic mass is 9.96. The van der Waals surface area contributed by atoms with Crippen LogP contribution in [0.3, 0.4) is 0 Å². The number of rotatable bonds is 4. The van der Waals surface area contributed by atoms with Crippen LogP contribution in [0.4, 0.5) is 0 Å². The Morgan fingerprint density at radius 3 is 2.68 bits per heavy atom. The van der Waals surface area contributed by atoms with Crippen molar-refractivity contribution in [3.05, 3.63) is 53.4 Å². The molecule has 0 unspecified atom stereocenters. The predicted molar refractivity (Wildman–Crippen MR) is 84.8 cm³/mol. The highest BCUT2D eigenvalue weighted by Gasteiger charge is 2.22. The van der Waals surface area contributed by atoms with Crippen molar-refractivity contribution in [2.75, 3.05) is 13.1 Å². The quantitative estimate of drug-likeness (QED) is 0.865. The Labute approximate surface area is 131 Å². The van der Waals surface area contributed by atoms with E-state index >= 15 is 0 Å². The van der Waals surface area contributed by atoms with Gasteiger partial charge in [-0.2, -0.15) is 0 Å². The number of hydrogen-bond acceptors (Lipinski definition) is 3. The minimum Gasteiger partial charge on any atom is -0.351 e. The normalized spacial score (nSPS) is 16.5. The van der Waals surface area contributed by atoms with Gasteiger partial charge in [0.05, 0.1) is 5.69 Å². The van der Waals surface area contributed by atoms with Gasteiger partial charge in [0.25, 0.3) is 5.91 Å². The van der Waals surface area contributed by atoms with Crippen LogP contribution in [0.1, 0.15) is 53.9 Å². The van der Waals surface area contributed by atoms with Gasteiger partial charge in [0.2, 0.25) is 5.76 Å². The molecule has 1 atom stereocenters. The average Bonchev–Trinajstić information content (AvgIpc) is 3.04. The molecule has 22 heavy (non-hydrogen) atoms. The van der Waals surface area contributed by atoms with Crippen LogP contribution in [0.5, 0.6) is 0 Å². The number of nitrogens with zero attached hydrogens (tertiary/aromatic N) is 2. The highest BCUT2D eigenvalue weighted by Crippen LogP contribution is 2.21. The Bertz CT molecular complexity index is 615. The number of carbonyl (C=O) groups excluding carboxylic acids is 1. The largest absolute Gasteiger partial charge is 0.351 e. The molecule has 1 aliphatic rings. The molecule has 1 fully saturated rings. The first-order valence-electron chi connectivity index (χ1n) is 8.04. The summed E-state index contributed by atoms with van der Waals surface area (Å²) in [7, 11) is 0. The Kier molecular flexibility index (Phi) is 4.56. The monoisotopic (exact) mass is 298 g/mol. The fraction of sp³-hybridized carbons (Fsp3) is 0.444. The molecule has 0 bridgehead atoms. The van der Waals surface area contributed by atoms with Crippen LogP contribution in [-0.4, -0.2) is 29.1 Å². The van der Waals surface area contributed by atoms with Gasteiger partial charge < -0.3 is 9.42 Å². The topological polar surface area (TPSA) is 46.3 Å². The van der Waals surface area contributed by atoms with Crippen molar-refractivity contribution in [3.8, 4) is 0 Å². The lowest BCUT2D eigenvalue weighted by molar-refractivity contribution is 0.0682. The average molecular weight is 298 g/mol. The number of hydrogen-bond donors (Lipinski definition) is 0. The molecule has 0 saturated carbocycles. The third kappa shape index (κ3) is 3.38. The van der Waals surface area contributed by atoms with Crippen molar-refractivity contribution in [1.82, 2.24) is 10.1 Å². The van der Waals surface area contributed by atoms with Crippen molar-refractivity contribution in [3.63, 3.8) is 0 Å². The molecule has 2 heterocycles. The highest BCUT2D eigenvalue weighted by molar-refractivity contribution is 5.91. The molecule has 0 N–H and O–H groups in total. The zero-order valence-corrected chi connectivity index (χ0v) is 13.0. The summed E-state index contributed by atoms with van der Waals surface area (Å²) < 4.78 is 5.28. The van der Waals surface area contributed by atoms with E-state index in [1.54, 1.807) is 6.07 Å². The molecule has 0 radical (unpaired) electrons. The zero-order valence-electron chi connectivity index (χ0n) is 13.0.